The smallest absolute Gasteiger partial charge is 0.155 e. The van der Waals surface area contributed by atoms with Crippen LogP contribution in [0.4, 0.5) is 5.69 Å². The zero-order valence-corrected chi connectivity index (χ0v) is 9.54. The van der Waals surface area contributed by atoms with Crippen molar-refractivity contribution in [3.63, 3.8) is 0 Å². The van der Waals surface area contributed by atoms with Crippen molar-refractivity contribution < 1.29 is 0 Å². The predicted octanol–water partition coefficient (Wildman–Crippen LogP) is 0.479. The second-order valence-corrected chi connectivity index (χ2v) is 4.47. The SMILES string of the molecule is CN(C)C1CN(c2ccc3ncnn3c2)C1. The van der Waals surface area contributed by atoms with Gasteiger partial charge in [-0.2, -0.15) is 5.10 Å². The van der Waals surface area contributed by atoms with Crippen LogP contribution >= 0.6 is 0 Å². The lowest BCUT2D eigenvalue weighted by atomic mass is 10.1. The molecule has 0 radical (unpaired) electrons. The van der Waals surface area contributed by atoms with E-state index in [0.29, 0.717) is 6.04 Å². The summed E-state index contributed by atoms with van der Waals surface area (Å²) in [5.41, 5.74) is 2.12. The minimum atomic E-state index is 0.673. The number of likely N-dealkylation sites (N-methyl/N-ethyl adjacent to an activating group) is 1. The fourth-order valence-electron chi connectivity index (χ4n) is 1.99. The van der Waals surface area contributed by atoms with Gasteiger partial charge < -0.3 is 9.80 Å². The van der Waals surface area contributed by atoms with E-state index in [1.165, 1.54) is 5.69 Å². The van der Waals surface area contributed by atoms with Gasteiger partial charge in [-0.1, -0.05) is 0 Å². The highest BCUT2D eigenvalue weighted by molar-refractivity contribution is 5.53. The van der Waals surface area contributed by atoms with E-state index < -0.39 is 0 Å². The van der Waals surface area contributed by atoms with Crippen LogP contribution in [0.5, 0.6) is 0 Å². The van der Waals surface area contributed by atoms with E-state index in [0.717, 1.165) is 18.7 Å². The Kier molecular flexibility index (Phi) is 2.07. The summed E-state index contributed by atoms with van der Waals surface area (Å²) < 4.78 is 1.82. The molecule has 2 aromatic heterocycles. The Morgan fingerprint density at radius 2 is 2.12 bits per heavy atom. The second-order valence-electron chi connectivity index (χ2n) is 4.47. The third kappa shape index (κ3) is 1.44. The number of rotatable bonds is 2. The molecule has 0 bridgehead atoms. The van der Waals surface area contributed by atoms with Gasteiger partial charge in [0, 0.05) is 19.1 Å². The molecule has 0 spiro atoms. The van der Waals surface area contributed by atoms with Gasteiger partial charge in [0.1, 0.15) is 6.33 Å². The van der Waals surface area contributed by atoms with Gasteiger partial charge in [0.15, 0.2) is 5.65 Å². The zero-order chi connectivity index (χ0) is 11.1. The minimum absolute atomic E-state index is 0.673. The summed E-state index contributed by atoms with van der Waals surface area (Å²) in [7, 11) is 4.26. The van der Waals surface area contributed by atoms with Gasteiger partial charge in [0.05, 0.1) is 11.9 Å². The van der Waals surface area contributed by atoms with Gasteiger partial charge in [-0.3, -0.25) is 0 Å². The number of aromatic nitrogens is 3. The highest BCUT2D eigenvalue weighted by Gasteiger charge is 2.28. The van der Waals surface area contributed by atoms with Gasteiger partial charge in [-0.25, -0.2) is 9.50 Å². The lowest BCUT2D eigenvalue weighted by Gasteiger charge is -2.44. The first-order valence-corrected chi connectivity index (χ1v) is 5.45. The maximum atomic E-state index is 4.14. The largest absolute Gasteiger partial charge is 0.367 e. The van der Waals surface area contributed by atoms with E-state index in [2.05, 4.69) is 40.0 Å². The third-order valence-corrected chi connectivity index (χ3v) is 3.22. The number of anilines is 1. The molecule has 3 rings (SSSR count). The van der Waals surface area contributed by atoms with Crippen molar-refractivity contribution in [2.24, 2.45) is 0 Å². The second kappa shape index (κ2) is 3.45. The Morgan fingerprint density at radius 3 is 2.88 bits per heavy atom. The zero-order valence-electron chi connectivity index (χ0n) is 9.54. The van der Waals surface area contributed by atoms with E-state index in [1.807, 2.05) is 16.8 Å². The summed E-state index contributed by atoms with van der Waals surface area (Å²) in [6.45, 7) is 2.18. The van der Waals surface area contributed by atoms with Crippen LogP contribution in [0.25, 0.3) is 5.65 Å². The van der Waals surface area contributed by atoms with E-state index in [1.54, 1.807) is 6.33 Å². The molecule has 1 fully saturated rings. The molecule has 0 aromatic carbocycles. The molecule has 0 N–H and O–H groups in total. The van der Waals surface area contributed by atoms with Gasteiger partial charge in [-0.15, -0.1) is 0 Å². The Labute approximate surface area is 94.3 Å². The fraction of sp³-hybridized carbons (Fsp3) is 0.455. The average molecular weight is 217 g/mol. The maximum absolute atomic E-state index is 4.14. The number of hydrogen-bond donors (Lipinski definition) is 0. The topological polar surface area (TPSA) is 36.7 Å². The molecule has 1 aliphatic rings. The molecule has 0 saturated carbocycles. The molecule has 0 unspecified atom stereocenters. The number of pyridine rings is 1. The quantitative estimate of drug-likeness (QED) is 0.733. The summed E-state index contributed by atoms with van der Waals surface area (Å²) in [5.74, 6) is 0. The van der Waals surface area contributed by atoms with Crippen LogP contribution in [0.2, 0.25) is 0 Å². The Morgan fingerprint density at radius 1 is 1.31 bits per heavy atom. The molecule has 1 saturated heterocycles. The highest BCUT2D eigenvalue weighted by atomic mass is 15.3. The fourth-order valence-corrected chi connectivity index (χ4v) is 1.99. The Balaban J connectivity index is 1.80. The summed E-state index contributed by atoms with van der Waals surface area (Å²) in [6, 6.07) is 4.78. The summed E-state index contributed by atoms with van der Waals surface area (Å²) in [6.07, 6.45) is 3.62. The van der Waals surface area contributed by atoms with E-state index in [-0.39, 0.29) is 0 Å². The molecule has 0 amide bonds. The van der Waals surface area contributed by atoms with E-state index in [4.69, 9.17) is 0 Å². The normalized spacial score (nSPS) is 17.1. The highest BCUT2D eigenvalue weighted by Crippen LogP contribution is 2.22. The van der Waals surface area contributed by atoms with Crippen molar-refractivity contribution in [2.45, 2.75) is 6.04 Å². The van der Waals surface area contributed by atoms with Crippen molar-refractivity contribution in [2.75, 3.05) is 32.1 Å². The van der Waals surface area contributed by atoms with Crippen LogP contribution in [0.15, 0.2) is 24.7 Å². The molecule has 2 aromatic rings. The molecule has 5 nitrogen and oxygen atoms in total. The van der Waals surface area contributed by atoms with Crippen LogP contribution in [-0.2, 0) is 0 Å². The van der Waals surface area contributed by atoms with Gasteiger partial charge in [0.2, 0.25) is 0 Å². The van der Waals surface area contributed by atoms with Crippen LogP contribution in [0.1, 0.15) is 0 Å². The number of fused-ring (bicyclic) bond motifs is 1. The molecule has 5 heteroatoms. The van der Waals surface area contributed by atoms with Gasteiger partial charge in [-0.05, 0) is 26.2 Å². The van der Waals surface area contributed by atoms with E-state index >= 15 is 0 Å². The molecular formula is C11H15N5. The van der Waals surface area contributed by atoms with Crippen molar-refractivity contribution in [1.29, 1.82) is 0 Å². The van der Waals surface area contributed by atoms with Gasteiger partial charge in [0.25, 0.3) is 0 Å². The predicted molar refractivity (Wildman–Crippen MR) is 62.7 cm³/mol. The average Bonchev–Trinajstić information content (AvgIpc) is 2.61. The monoisotopic (exact) mass is 217 g/mol. The molecule has 84 valence electrons. The summed E-state index contributed by atoms with van der Waals surface area (Å²) in [4.78, 5) is 8.75. The summed E-state index contributed by atoms with van der Waals surface area (Å²) in [5, 5.41) is 4.14. The van der Waals surface area contributed by atoms with E-state index in [9.17, 15) is 0 Å². The first-order chi connectivity index (χ1) is 7.74. The molecule has 0 aliphatic carbocycles. The van der Waals surface area contributed by atoms with Crippen LogP contribution in [-0.4, -0.2) is 52.7 Å². The standard InChI is InChI=1S/C11H15N5/c1-14(2)10-5-15(6-10)9-3-4-11-12-8-13-16(11)7-9/h3-4,7-8,10H,5-6H2,1-2H3. The number of nitrogens with zero attached hydrogens (tertiary/aromatic N) is 5. The molecule has 16 heavy (non-hydrogen) atoms. The summed E-state index contributed by atoms with van der Waals surface area (Å²) >= 11 is 0. The van der Waals surface area contributed by atoms with Crippen molar-refractivity contribution in [1.82, 2.24) is 19.5 Å². The van der Waals surface area contributed by atoms with Crippen molar-refractivity contribution in [3.8, 4) is 0 Å². The third-order valence-electron chi connectivity index (χ3n) is 3.22. The van der Waals surface area contributed by atoms with Crippen LogP contribution in [0.3, 0.4) is 0 Å². The van der Waals surface area contributed by atoms with Crippen LogP contribution < -0.4 is 4.90 Å². The Hall–Kier alpha value is -1.62. The van der Waals surface area contributed by atoms with Crippen LogP contribution in [0, 0.1) is 0 Å². The lowest BCUT2D eigenvalue weighted by molar-refractivity contribution is 0.247. The minimum Gasteiger partial charge on any atom is -0.367 e. The van der Waals surface area contributed by atoms with Crippen molar-refractivity contribution in [3.05, 3.63) is 24.7 Å². The molecular weight excluding hydrogens is 202 g/mol. The first-order valence-electron chi connectivity index (χ1n) is 5.45. The molecule has 3 heterocycles. The maximum Gasteiger partial charge on any atom is 0.155 e. The Bertz CT molecular complexity index is 498. The number of hydrogen-bond acceptors (Lipinski definition) is 4. The molecule has 1 aliphatic heterocycles. The lowest BCUT2D eigenvalue weighted by Crippen LogP contribution is -2.57. The van der Waals surface area contributed by atoms with Crippen molar-refractivity contribution >= 4 is 11.3 Å². The molecule has 0 atom stereocenters. The van der Waals surface area contributed by atoms with Gasteiger partial charge >= 0.3 is 0 Å². The first kappa shape index (κ1) is 9.59.